The number of oxazole rings is 1. The third-order valence-electron chi connectivity index (χ3n) is 5.74. The largest absolute Gasteiger partial charge is 0.507 e. The molecule has 2 N–H and O–H groups in total. The van der Waals surface area contributed by atoms with Gasteiger partial charge in [-0.05, 0) is 41.8 Å². The fourth-order valence-corrected chi connectivity index (χ4v) is 3.75. The van der Waals surface area contributed by atoms with Gasteiger partial charge in [0.25, 0.3) is 5.69 Å². The second kappa shape index (κ2) is 10.8. The molecule has 3 aromatic carbocycles. The molecule has 4 rings (SSSR count). The SMILES string of the molecule is CCCCC(=O)Nc1oc(-c2ccc(-c3cccc([N+](=O)[O-])c3)cc2O)nc1-c1ccc(C(F)(F)F)cc1. The van der Waals surface area contributed by atoms with Crippen LogP contribution in [0.15, 0.2) is 71.1 Å². The first kappa shape index (κ1) is 26.4. The van der Waals surface area contributed by atoms with E-state index in [1.165, 1.54) is 42.5 Å². The summed E-state index contributed by atoms with van der Waals surface area (Å²) in [6.07, 6.45) is -2.90. The molecule has 8 nitrogen and oxygen atoms in total. The van der Waals surface area contributed by atoms with Crippen LogP contribution in [0.5, 0.6) is 5.75 Å². The van der Waals surface area contributed by atoms with Crippen molar-refractivity contribution in [2.24, 2.45) is 0 Å². The van der Waals surface area contributed by atoms with Crippen molar-refractivity contribution in [3.8, 4) is 39.6 Å². The quantitative estimate of drug-likeness (QED) is 0.182. The Balaban J connectivity index is 1.72. The number of benzene rings is 3. The lowest BCUT2D eigenvalue weighted by molar-refractivity contribution is -0.384. The van der Waals surface area contributed by atoms with Gasteiger partial charge in [0.1, 0.15) is 11.4 Å². The molecule has 1 aromatic heterocycles. The Bertz CT molecular complexity index is 1480. The van der Waals surface area contributed by atoms with Gasteiger partial charge in [0.15, 0.2) is 0 Å². The van der Waals surface area contributed by atoms with Gasteiger partial charge in [-0.1, -0.05) is 43.7 Å². The second-order valence-corrected chi connectivity index (χ2v) is 8.46. The van der Waals surface area contributed by atoms with Crippen molar-refractivity contribution >= 4 is 17.5 Å². The van der Waals surface area contributed by atoms with Crippen LogP contribution in [0.3, 0.4) is 0 Å². The zero-order valence-corrected chi connectivity index (χ0v) is 20.1. The summed E-state index contributed by atoms with van der Waals surface area (Å²) in [5.74, 6) is -0.747. The minimum absolute atomic E-state index is 0.0666. The van der Waals surface area contributed by atoms with E-state index in [2.05, 4.69) is 10.3 Å². The summed E-state index contributed by atoms with van der Waals surface area (Å²) in [5.41, 5.74) is 0.574. The maximum atomic E-state index is 13.0. The van der Waals surface area contributed by atoms with Crippen molar-refractivity contribution in [3.63, 3.8) is 0 Å². The van der Waals surface area contributed by atoms with Gasteiger partial charge in [-0.15, -0.1) is 0 Å². The van der Waals surface area contributed by atoms with Crippen LogP contribution in [0.25, 0.3) is 33.8 Å². The maximum absolute atomic E-state index is 13.0. The predicted molar refractivity (Wildman–Crippen MR) is 134 cm³/mol. The summed E-state index contributed by atoms with van der Waals surface area (Å²) in [4.78, 5) is 27.3. The number of carbonyl (C=O) groups excluding carboxylic acids is 1. The Hall–Kier alpha value is -4.67. The van der Waals surface area contributed by atoms with Crippen LogP contribution >= 0.6 is 0 Å². The van der Waals surface area contributed by atoms with Crippen LogP contribution in [0.4, 0.5) is 24.7 Å². The van der Waals surface area contributed by atoms with Crippen LogP contribution in [0.2, 0.25) is 0 Å². The molecule has 0 aliphatic carbocycles. The van der Waals surface area contributed by atoms with Crippen LogP contribution in [0, 0.1) is 10.1 Å². The first-order valence-electron chi connectivity index (χ1n) is 11.6. The van der Waals surface area contributed by atoms with Gasteiger partial charge in [-0.3, -0.25) is 20.2 Å². The Morgan fingerprint density at radius 2 is 1.74 bits per heavy atom. The number of phenolic OH excluding ortho intramolecular Hbond substituents is 1. The average molecular weight is 525 g/mol. The molecular formula is C27H22F3N3O5. The van der Waals surface area contributed by atoms with E-state index in [0.29, 0.717) is 17.5 Å². The number of carbonyl (C=O) groups is 1. The van der Waals surface area contributed by atoms with Gasteiger partial charge in [0.2, 0.25) is 17.7 Å². The van der Waals surface area contributed by atoms with Crippen LogP contribution in [-0.4, -0.2) is 20.9 Å². The first-order chi connectivity index (χ1) is 18.1. The van der Waals surface area contributed by atoms with Crippen molar-refractivity contribution in [3.05, 3.63) is 82.4 Å². The van der Waals surface area contributed by atoms with E-state index in [9.17, 15) is 33.2 Å². The Labute approximate surface area is 214 Å². The smallest absolute Gasteiger partial charge is 0.416 e. The number of halogens is 3. The molecule has 0 fully saturated rings. The molecule has 1 amide bonds. The number of hydrogen-bond acceptors (Lipinski definition) is 6. The number of nitro groups is 1. The average Bonchev–Trinajstić information content (AvgIpc) is 3.30. The molecule has 0 saturated carbocycles. The standard InChI is InChI=1S/C27H22F3N3O5/c1-2-3-7-23(35)31-26-24(16-8-11-19(12-9-16)27(28,29)30)32-25(38-26)21-13-10-18(15-22(21)34)17-5-4-6-20(14-17)33(36)37/h4-6,8-15,34H,2-3,7H2,1H3,(H,31,35). The third-order valence-corrected chi connectivity index (χ3v) is 5.74. The van der Waals surface area contributed by atoms with Gasteiger partial charge in [0.05, 0.1) is 16.1 Å². The van der Waals surface area contributed by atoms with E-state index < -0.39 is 16.7 Å². The molecule has 0 bridgehead atoms. The molecule has 0 radical (unpaired) electrons. The minimum atomic E-state index is -4.52. The monoisotopic (exact) mass is 525 g/mol. The van der Waals surface area contributed by atoms with Gasteiger partial charge < -0.3 is 9.52 Å². The van der Waals surface area contributed by atoms with Crippen molar-refractivity contribution < 1.29 is 32.4 Å². The lowest BCUT2D eigenvalue weighted by atomic mass is 10.0. The van der Waals surface area contributed by atoms with Crippen LogP contribution < -0.4 is 5.32 Å². The molecule has 11 heteroatoms. The number of aromatic hydroxyl groups is 1. The molecule has 0 atom stereocenters. The number of hydrogen-bond donors (Lipinski definition) is 2. The zero-order chi connectivity index (χ0) is 27.4. The minimum Gasteiger partial charge on any atom is -0.507 e. The maximum Gasteiger partial charge on any atom is 0.416 e. The summed E-state index contributed by atoms with van der Waals surface area (Å²) in [6, 6.07) is 14.6. The molecule has 0 spiro atoms. The number of alkyl halides is 3. The number of aromatic nitrogens is 1. The van der Waals surface area contributed by atoms with E-state index >= 15 is 0 Å². The molecule has 0 unspecified atom stereocenters. The van der Waals surface area contributed by atoms with Gasteiger partial charge in [-0.2, -0.15) is 13.2 Å². The van der Waals surface area contributed by atoms with Gasteiger partial charge in [-0.25, -0.2) is 4.98 Å². The zero-order valence-electron chi connectivity index (χ0n) is 20.1. The van der Waals surface area contributed by atoms with E-state index in [4.69, 9.17) is 4.42 Å². The highest BCUT2D eigenvalue weighted by Gasteiger charge is 2.30. The highest BCUT2D eigenvalue weighted by Crippen LogP contribution is 2.39. The molecule has 196 valence electrons. The Kier molecular flexibility index (Phi) is 7.47. The second-order valence-electron chi connectivity index (χ2n) is 8.46. The third kappa shape index (κ3) is 5.83. The fraction of sp³-hybridized carbons (Fsp3) is 0.185. The van der Waals surface area contributed by atoms with E-state index in [1.54, 1.807) is 12.1 Å². The number of phenols is 1. The molecule has 0 aliphatic heterocycles. The summed E-state index contributed by atoms with van der Waals surface area (Å²) >= 11 is 0. The van der Waals surface area contributed by atoms with Gasteiger partial charge >= 0.3 is 6.18 Å². The number of non-ortho nitro benzene ring substituents is 1. The van der Waals surface area contributed by atoms with Crippen LogP contribution in [-0.2, 0) is 11.0 Å². The molecule has 4 aromatic rings. The lowest BCUT2D eigenvalue weighted by Gasteiger charge is -2.07. The fourth-order valence-electron chi connectivity index (χ4n) is 3.75. The summed E-state index contributed by atoms with van der Waals surface area (Å²) in [5, 5.41) is 24.4. The number of anilines is 1. The van der Waals surface area contributed by atoms with Crippen molar-refractivity contribution in [2.45, 2.75) is 32.4 Å². The Morgan fingerprint density at radius 1 is 1.05 bits per heavy atom. The Morgan fingerprint density at radius 3 is 2.37 bits per heavy atom. The first-order valence-corrected chi connectivity index (χ1v) is 11.6. The highest BCUT2D eigenvalue weighted by atomic mass is 19.4. The summed E-state index contributed by atoms with van der Waals surface area (Å²) in [7, 11) is 0. The summed E-state index contributed by atoms with van der Waals surface area (Å²) in [6.45, 7) is 1.92. The number of nitrogens with one attached hydrogen (secondary N) is 1. The van der Waals surface area contributed by atoms with Crippen molar-refractivity contribution in [1.29, 1.82) is 0 Å². The van der Waals surface area contributed by atoms with Crippen LogP contribution in [0.1, 0.15) is 31.7 Å². The molecule has 1 heterocycles. The molecule has 0 saturated heterocycles. The van der Waals surface area contributed by atoms with E-state index in [0.717, 1.165) is 18.6 Å². The lowest BCUT2D eigenvalue weighted by Crippen LogP contribution is -2.11. The summed E-state index contributed by atoms with van der Waals surface area (Å²) < 4.78 is 44.8. The van der Waals surface area contributed by atoms with E-state index in [-0.39, 0.29) is 52.4 Å². The normalized spacial score (nSPS) is 11.4. The highest BCUT2D eigenvalue weighted by molar-refractivity contribution is 5.93. The molecule has 0 aliphatic rings. The number of unbranched alkanes of at least 4 members (excludes halogenated alkanes) is 1. The predicted octanol–water partition coefficient (Wildman–Crippen LogP) is 7.44. The number of rotatable bonds is 8. The number of amides is 1. The molecular weight excluding hydrogens is 503 g/mol. The number of nitrogens with zero attached hydrogens (tertiary/aromatic N) is 2. The number of nitro benzene ring substituents is 1. The molecule has 38 heavy (non-hydrogen) atoms. The van der Waals surface area contributed by atoms with Crippen molar-refractivity contribution in [1.82, 2.24) is 4.98 Å². The topological polar surface area (TPSA) is 118 Å². The van der Waals surface area contributed by atoms with Crippen molar-refractivity contribution in [2.75, 3.05) is 5.32 Å². The van der Waals surface area contributed by atoms with Gasteiger partial charge in [0, 0.05) is 24.1 Å². The van der Waals surface area contributed by atoms with E-state index in [1.807, 2.05) is 6.92 Å².